The molecule has 3 heterocycles. The number of imidazole rings is 1. The molecule has 0 spiro atoms. The van der Waals surface area contributed by atoms with Gasteiger partial charge in [0, 0.05) is 32.0 Å². The SMILES string of the molecule is Cn1c(=O)n(C2CCC(=O)NC2=O)c2cccc(C#CC3CCN(C[C@H]4CC[C@H](NC(=O)OC(C)(C)C)CC4)CC3)c21. The van der Waals surface area contributed by atoms with Gasteiger partial charge in [-0.05, 0) is 96.9 Å². The molecule has 1 aliphatic carbocycles. The number of aryl methyl sites for hydroxylation is 1. The van der Waals surface area contributed by atoms with Gasteiger partial charge in [-0.25, -0.2) is 9.59 Å². The molecule has 1 aromatic carbocycles. The van der Waals surface area contributed by atoms with Crippen LogP contribution in [0.5, 0.6) is 0 Å². The lowest BCUT2D eigenvalue weighted by Crippen LogP contribution is -2.44. The van der Waals surface area contributed by atoms with Crippen molar-refractivity contribution in [2.75, 3.05) is 19.6 Å². The van der Waals surface area contributed by atoms with Gasteiger partial charge in [-0.1, -0.05) is 17.9 Å². The topological polar surface area (TPSA) is 115 Å². The van der Waals surface area contributed by atoms with Gasteiger partial charge < -0.3 is 15.0 Å². The number of fused-ring (bicyclic) bond motifs is 1. The fraction of sp³-hybridized carbons (Fsp3) is 0.625. The molecule has 2 aromatic rings. The quantitative estimate of drug-likeness (QED) is 0.425. The van der Waals surface area contributed by atoms with E-state index >= 15 is 0 Å². The molecule has 5 rings (SSSR count). The van der Waals surface area contributed by atoms with Crippen LogP contribution in [-0.4, -0.2) is 63.2 Å². The number of alkyl carbamates (subject to hydrolysis) is 1. The molecule has 3 aliphatic rings. The highest BCUT2D eigenvalue weighted by molar-refractivity contribution is 6.00. The van der Waals surface area contributed by atoms with Gasteiger partial charge in [-0.3, -0.25) is 24.0 Å². The van der Waals surface area contributed by atoms with E-state index in [0.717, 1.165) is 63.7 Å². The summed E-state index contributed by atoms with van der Waals surface area (Å²) in [5, 5.41) is 5.39. The number of hydrogen-bond acceptors (Lipinski definition) is 6. The minimum atomic E-state index is -0.706. The summed E-state index contributed by atoms with van der Waals surface area (Å²) in [5.74, 6) is 7.02. The van der Waals surface area contributed by atoms with Gasteiger partial charge in [-0.2, -0.15) is 0 Å². The van der Waals surface area contributed by atoms with Crippen molar-refractivity contribution in [1.82, 2.24) is 24.7 Å². The lowest BCUT2D eigenvalue weighted by molar-refractivity contribution is -0.135. The number of carbonyl (C=O) groups excluding carboxylic acids is 3. The van der Waals surface area contributed by atoms with E-state index in [-0.39, 0.29) is 30.2 Å². The minimum Gasteiger partial charge on any atom is -0.444 e. The molecule has 3 amide bonds. The van der Waals surface area contributed by atoms with Gasteiger partial charge in [0.15, 0.2) is 0 Å². The molecular formula is C32H43N5O5. The number of likely N-dealkylation sites (tertiary alicyclic amines) is 1. The number of benzene rings is 1. The minimum absolute atomic E-state index is 0.196. The summed E-state index contributed by atoms with van der Waals surface area (Å²) in [5.41, 5.74) is 1.39. The van der Waals surface area contributed by atoms with Crippen LogP contribution in [0.3, 0.4) is 0 Å². The average molecular weight is 578 g/mol. The van der Waals surface area contributed by atoms with Gasteiger partial charge in [-0.15, -0.1) is 0 Å². The zero-order valence-corrected chi connectivity index (χ0v) is 25.2. The molecule has 10 heteroatoms. The predicted molar refractivity (Wildman–Crippen MR) is 160 cm³/mol. The largest absolute Gasteiger partial charge is 0.444 e. The second-order valence-electron chi connectivity index (χ2n) is 13.1. The van der Waals surface area contributed by atoms with E-state index in [1.165, 1.54) is 4.57 Å². The molecule has 10 nitrogen and oxygen atoms in total. The van der Waals surface area contributed by atoms with Gasteiger partial charge in [0.25, 0.3) is 0 Å². The third-order valence-electron chi connectivity index (χ3n) is 8.71. The standard InChI is InChI=1S/C32H43N5O5/c1-32(2,3)42-30(40)33-24-12-9-22(10-13-24)20-36-18-16-21(17-19-36)8-11-23-6-5-7-25-28(23)35(4)31(41)37(25)26-14-15-27(38)34-29(26)39/h5-7,21-22,24,26H,9-10,12-20H2,1-4H3,(H,33,40)(H,34,38,39)/t22-,24-,26?. The number of piperidine rings is 2. The lowest BCUT2D eigenvalue weighted by Gasteiger charge is -2.36. The number of imide groups is 1. The second-order valence-corrected chi connectivity index (χ2v) is 13.1. The first-order chi connectivity index (χ1) is 20.0. The molecule has 3 fully saturated rings. The maximum absolute atomic E-state index is 13.2. The van der Waals surface area contributed by atoms with Crippen molar-refractivity contribution in [2.24, 2.45) is 18.9 Å². The molecule has 226 valence electrons. The molecule has 2 N–H and O–H groups in total. The zero-order valence-electron chi connectivity index (χ0n) is 25.2. The number of ether oxygens (including phenoxy) is 1. The van der Waals surface area contributed by atoms with Crippen molar-refractivity contribution in [3.63, 3.8) is 0 Å². The Labute approximate surface area is 247 Å². The van der Waals surface area contributed by atoms with Crippen LogP contribution in [-0.2, 0) is 21.4 Å². The molecule has 2 saturated heterocycles. The van der Waals surface area contributed by atoms with E-state index in [2.05, 4.69) is 27.4 Å². The third kappa shape index (κ3) is 6.89. The van der Waals surface area contributed by atoms with Crippen LogP contribution in [0.2, 0.25) is 0 Å². The van der Waals surface area contributed by atoms with E-state index in [1.54, 1.807) is 11.6 Å². The van der Waals surface area contributed by atoms with E-state index in [4.69, 9.17) is 4.74 Å². The molecule has 1 atom stereocenters. The molecule has 1 aromatic heterocycles. The Kier molecular flexibility index (Phi) is 8.78. The summed E-state index contributed by atoms with van der Waals surface area (Å²) in [4.78, 5) is 52.0. The van der Waals surface area contributed by atoms with Gasteiger partial charge >= 0.3 is 11.8 Å². The average Bonchev–Trinajstić information content (AvgIpc) is 3.18. The van der Waals surface area contributed by atoms with Crippen LogP contribution >= 0.6 is 0 Å². The van der Waals surface area contributed by atoms with Crippen LogP contribution in [0.25, 0.3) is 11.0 Å². The summed E-state index contributed by atoms with van der Waals surface area (Å²) in [6, 6.07) is 5.12. The Balaban J connectivity index is 1.15. The third-order valence-corrected chi connectivity index (χ3v) is 8.71. The predicted octanol–water partition coefficient (Wildman–Crippen LogP) is 3.46. The Morgan fingerprint density at radius 3 is 2.43 bits per heavy atom. The molecular weight excluding hydrogens is 534 g/mol. The number of amides is 3. The number of nitrogens with one attached hydrogen (secondary N) is 2. The summed E-state index contributed by atoms with van der Waals surface area (Å²) < 4.78 is 8.46. The number of aromatic nitrogens is 2. The number of carbonyl (C=O) groups is 3. The van der Waals surface area contributed by atoms with E-state index < -0.39 is 17.6 Å². The van der Waals surface area contributed by atoms with Crippen molar-refractivity contribution >= 4 is 28.9 Å². The molecule has 2 aliphatic heterocycles. The van der Waals surface area contributed by atoms with Crippen molar-refractivity contribution < 1.29 is 19.1 Å². The number of para-hydroxylation sites is 1. The summed E-state index contributed by atoms with van der Waals surface area (Å²) in [7, 11) is 1.71. The Bertz CT molecular complexity index is 1460. The van der Waals surface area contributed by atoms with Crippen molar-refractivity contribution in [1.29, 1.82) is 0 Å². The maximum Gasteiger partial charge on any atom is 0.407 e. The number of rotatable bonds is 4. The van der Waals surface area contributed by atoms with E-state index in [0.29, 0.717) is 29.3 Å². The summed E-state index contributed by atoms with van der Waals surface area (Å²) >= 11 is 0. The lowest BCUT2D eigenvalue weighted by atomic mass is 9.85. The van der Waals surface area contributed by atoms with Crippen LogP contribution in [0, 0.1) is 23.7 Å². The molecule has 0 radical (unpaired) electrons. The highest BCUT2D eigenvalue weighted by atomic mass is 16.6. The van der Waals surface area contributed by atoms with E-state index in [1.807, 2.05) is 39.0 Å². The van der Waals surface area contributed by atoms with Gasteiger partial charge in [0.1, 0.15) is 11.6 Å². The highest BCUT2D eigenvalue weighted by Crippen LogP contribution is 2.28. The summed E-state index contributed by atoms with van der Waals surface area (Å²) in [6.45, 7) is 8.77. The van der Waals surface area contributed by atoms with Crippen LogP contribution in [0.4, 0.5) is 4.79 Å². The van der Waals surface area contributed by atoms with Gasteiger partial charge in [0.05, 0.1) is 16.6 Å². The molecule has 42 heavy (non-hydrogen) atoms. The van der Waals surface area contributed by atoms with Crippen LogP contribution in [0.1, 0.15) is 83.7 Å². The van der Waals surface area contributed by atoms with Crippen LogP contribution in [0.15, 0.2) is 23.0 Å². The fourth-order valence-electron chi connectivity index (χ4n) is 6.54. The Morgan fingerprint density at radius 1 is 1.05 bits per heavy atom. The molecule has 0 bridgehead atoms. The van der Waals surface area contributed by atoms with Crippen molar-refractivity contribution in [3.8, 4) is 11.8 Å². The molecule has 1 unspecified atom stereocenters. The first-order valence-electron chi connectivity index (χ1n) is 15.3. The summed E-state index contributed by atoms with van der Waals surface area (Å²) in [6.07, 6.45) is 6.43. The smallest absolute Gasteiger partial charge is 0.407 e. The van der Waals surface area contributed by atoms with Gasteiger partial charge in [0.2, 0.25) is 11.8 Å². The Morgan fingerprint density at radius 2 is 1.76 bits per heavy atom. The highest BCUT2D eigenvalue weighted by Gasteiger charge is 2.32. The number of nitrogens with zero attached hydrogens (tertiary/aromatic N) is 3. The maximum atomic E-state index is 13.2. The van der Waals surface area contributed by atoms with Crippen molar-refractivity contribution in [3.05, 3.63) is 34.2 Å². The Hall–Kier alpha value is -3.58. The van der Waals surface area contributed by atoms with Crippen LogP contribution < -0.4 is 16.3 Å². The second kappa shape index (κ2) is 12.3. The number of hydrogen-bond donors (Lipinski definition) is 2. The first kappa shape index (κ1) is 29.9. The zero-order chi connectivity index (χ0) is 30.0. The first-order valence-corrected chi connectivity index (χ1v) is 15.3. The monoisotopic (exact) mass is 577 g/mol. The normalized spacial score (nSPS) is 24.1. The fourth-order valence-corrected chi connectivity index (χ4v) is 6.54. The molecule has 1 saturated carbocycles. The van der Waals surface area contributed by atoms with Crippen molar-refractivity contribution in [2.45, 2.75) is 89.8 Å². The van der Waals surface area contributed by atoms with E-state index in [9.17, 15) is 19.2 Å².